The van der Waals surface area contributed by atoms with Crippen molar-refractivity contribution < 1.29 is 14.3 Å². The highest BCUT2D eigenvalue weighted by atomic mass is 16.5. The van der Waals surface area contributed by atoms with Crippen molar-refractivity contribution in [2.45, 2.75) is 0 Å². The lowest BCUT2D eigenvalue weighted by molar-refractivity contribution is -0.136. The molecule has 7 nitrogen and oxygen atoms in total. The van der Waals surface area contributed by atoms with Gasteiger partial charge in [-0.25, -0.2) is 4.98 Å². The maximum Gasteiger partial charge on any atom is 0.274 e. The molecule has 0 unspecified atom stereocenters. The molecule has 1 fully saturated rings. The molecule has 7 heteroatoms. The van der Waals surface area contributed by atoms with Gasteiger partial charge >= 0.3 is 0 Å². The van der Waals surface area contributed by atoms with Crippen molar-refractivity contribution in [2.75, 3.05) is 45.6 Å². The minimum absolute atomic E-state index is 0.0584. The Bertz CT molecular complexity index is 498. The van der Waals surface area contributed by atoms with E-state index >= 15 is 0 Å². The van der Waals surface area contributed by atoms with E-state index in [0.29, 0.717) is 31.9 Å². The van der Waals surface area contributed by atoms with Crippen LogP contribution in [-0.2, 0) is 9.53 Å². The second-order valence-electron chi connectivity index (χ2n) is 4.55. The molecule has 1 aliphatic rings. The highest BCUT2D eigenvalue weighted by molar-refractivity contribution is 5.97. The highest BCUT2D eigenvalue weighted by Gasteiger charge is 2.26. The first-order valence-corrected chi connectivity index (χ1v) is 6.40. The number of amides is 2. The SMILES string of the molecule is COCC(=O)N1CCN(C(=O)c2ncccc2N)CC1. The topological polar surface area (TPSA) is 88.8 Å². The Balaban J connectivity index is 1.96. The van der Waals surface area contributed by atoms with E-state index in [1.165, 1.54) is 7.11 Å². The Morgan fingerprint density at radius 3 is 2.55 bits per heavy atom. The summed E-state index contributed by atoms with van der Waals surface area (Å²) < 4.78 is 4.82. The van der Waals surface area contributed by atoms with Crippen LogP contribution >= 0.6 is 0 Å². The van der Waals surface area contributed by atoms with E-state index < -0.39 is 0 Å². The van der Waals surface area contributed by atoms with Gasteiger partial charge in [0.2, 0.25) is 5.91 Å². The molecule has 2 heterocycles. The predicted octanol–water partition coefficient (Wildman–Crippen LogP) is -0.405. The lowest BCUT2D eigenvalue weighted by Gasteiger charge is -2.34. The summed E-state index contributed by atoms with van der Waals surface area (Å²) in [7, 11) is 1.49. The van der Waals surface area contributed by atoms with E-state index in [4.69, 9.17) is 10.5 Å². The number of rotatable bonds is 3. The third-order valence-electron chi connectivity index (χ3n) is 3.23. The van der Waals surface area contributed by atoms with Crippen molar-refractivity contribution >= 4 is 17.5 Å². The number of nitrogens with two attached hydrogens (primary N) is 1. The number of piperazine rings is 1. The predicted molar refractivity (Wildman–Crippen MR) is 73.0 cm³/mol. The molecular weight excluding hydrogens is 260 g/mol. The summed E-state index contributed by atoms with van der Waals surface area (Å²) in [4.78, 5) is 31.3. The smallest absolute Gasteiger partial charge is 0.274 e. The molecule has 0 aromatic carbocycles. The Morgan fingerprint density at radius 2 is 1.95 bits per heavy atom. The lowest BCUT2D eigenvalue weighted by atomic mass is 10.2. The molecule has 2 N–H and O–H groups in total. The minimum Gasteiger partial charge on any atom is -0.397 e. The summed E-state index contributed by atoms with van der Waals surface area (Å²) in [5, 5.41) is 0. The average Bonchev–Trinajstić information content (AvgIpc) is 2.47. The van der Waals surface area contributed by atoms with Gasteiger partial charge in [0.25, 0.3) is 5.91 Å². The molecule has 0 bridgehead atoms. The van der Waals surface area contributed by atoms with Crippen LogP contribution in [0, 0.1) is 0 Å². The number of ether oxygens (including phenoxy) is 1. The van der Waals surface area contributed by atoms with Crippen LogP contribution in [0.5, 0.6) is 0 Å². The van der Waals surface area contributed by atoms with Gasteiger partial charge in [0, 0.05) is 39.5 Å². The summed E-state index contributed by atoms with van der Waals surface area (Å²) in [6.45, 7) is 2.02. The molecule has 0 saturated carbocycles. The van der Waals surface area contributed by atoms with Gasteiger partial charge in [-0.15, -0.1) is 0 Å². The molecule has 2 amide bonds. The maximum atomic E-state index is 12.3. The van der Waals surface area contributed by atoms with Gasteiger partial charge < -0.3 is 20.3 Å². The number of aromatic nitrogens is 1. The number of nitrogen functional groups attached to an aromatic ring is 1. The summed E-state index contributed by atoms with van der Waals surface area (Å²) in [6.07, 6.45) is 1.54. The van der Waals surface area contributed by atoms with E-state index in [1.54, 1.807) is 28.1 Å². The third kappa shape index (κ3) is 3.05. The van der Waals surface area contributed by atoms with E-state index in [-0.39, 0.29) is 24.1 Å². The summed E-state index contributed by atoms with van der Waals surface area (Å²) in [5.74, 6) is -0.251. The fraction of sp³-hybridized carbons (Fsp3) is 0.462. The van der Waals surface area contributed by atoms with Gasteiger partial charge in [0.1, 0.15) is 6.61 Å². The van der Waals surface area contributed by atoms with Gasteiger partial charge in [0.15, 0.2) is 5.69 Å². The van der Waals surface area contributed by atoms with E-state index in [1.807, 2.05) is 0 Å². The molecule has 1 saturated heterocycles. The molecule has 1 aromatic rings. The van der Waals surface area contributed by atoms with Crippen molar-refractivity contribution in [1.29, 1.82) is 0 Å². The van der Waals surface area contributed by atoms with Crippen molar-refractivity contribution in [1.82, 2.24) is 14.8 Å². The first-order valence-electron chi connectivity index (χ1n) is 6.40. The fourth-order valence-electron chi connectivity index (χ4n) is 2.12. The molecule has 1 aliphatic heterocycles. The molecular formula is C13H18N4O3. The number of hydrogen-bond acceptors (Lipinski definition) is 5. The van der Waals surface area contributed by atoms with Crippen LogP contribution < -0.4 is 5.73 Å². The van der Waals surface area contributed by atoms with Crippen LogP contribution in [0.4, 0.5) is 5.69 Å². The van der Waals surface area contributed by atoms with Gasteiger partial charge in [-0.2, -0.15) is 0 Å². The Labute approximate surface area is 117 Å². The van der Waals surface area contributed by atoms with Gasteiger partial charge in [-0.1, -0.05) is 0 Å². The summed E-state index contributed by atoms with van der Waals surface area (Å²) >= 11 is 0. The average molecular weight is 278 g/mol. The van der Waals surface area contributed by atoms with Crippen LogP contribution in [0.1, 0.15) is 10.5 Å². The van der Waals surface area contributed by atoms with E-state index in [2.05, 4.69) is 4.98 Å². The number of anilines is 1. The van der Waals surface area contributed by atoms with Gasteiger partial charge in [0.05, 0.1) is 5.69 Å². The number of nitrogens with zero attached hydrogens (tertiary/aromatic N) is 3. The molecule has 108 valence electrons. The standard InChI is InChI=1S/C13H18N4O3/c1-20-9-11(18)16-5-7-17(8-6-16)13(19)12-10(14)3-2-4-15-12/h2-4H,5-9,14H2,1H3. The van der Waals surface area contributed by atoms with Crippen LogP contribution in [-0.4, -0.2) is 66.5 Å². The summed E-state index contributed by atoms with van der Waals surface area (Å²) in [6, 6.07) is 3.34. The van der Waals surface area contributed by atoms with Crippen LogP contribution in [0.2, 0.25) is 0 Å². The molecule has 2 rings (SSSR count). The molecule has 1 aromatic heterocycles. The number of carbonyl (C=O) groups excluding carboxylic acids is 2. The number of methoxy groups -OCH3 is 1. The Hall–Kier alpha value is -2.15. The monoisotopic (exact) mass is 278 g/mol. The first kappa shape index (κ1) is 14.3. The second-order valence-corrected chi connectivity index (χ2v) is 4.55. The van der Waals surface area contributed by atoms with Crippen molar-refractivity contribution in [3.05, 3.63) is 24.0 Å². The Kier molecular flexibility index (Phi) is 4.52. The third-order valence-corrected chi connectivity index (χ3v) is 3.23. The Morgan fingerprint density at radius 1 is 1.30 bits per heavy atom. The van der Waals surface area contributed by atoms with Crippen molar-refractivity contribution in [2.24, 2.45) is 0 Å². The second kappa shape index (κ2) is 6.33. The number of carbonyl (C=O) groups is 2. The zero-order chi connectivity index (χ0) is 14.5. The first-order chi connectivity index (χ1) is 9.63. The van der Waals surface area contributed by atoms with Crippen molar-refractivity contribution in [3.8, 4) is 0 Å². The molecule has 0 aliphatic carbocycles. The zero-order valence-corrected chi connectivity index (χ0v) is 11.4. The van der Waals surface area contributed by atoms with Crippen molar-refractivity contribution in [3.63, 3.8) is 0 Å². The quantitative estimate of drug-likeness (QED) is 0.812. The normalized spacial score (nSPS) is 15.2. The molecule has 0 radical (unpaired) electrons. The van der Waals surface area contributed by atoms with Gasteiger partial charge in [-0.3, -0.25) is 9.59 Å². The van der Waals surface area contributed by atoms with E-state index in [0.717, 1.165) is 0 Å². The number of pyridine rings is 1. The fourth-order valence-corrected chi connectivity index (χ4v) is 2.12. The maximum absolute atomic E-state index is 12.3. The number of hydrogen-bond donors (Lipinski definition) is 1. The highest BCUT2D eigenvalue weighted by Crippen LogP contribution is 2.12. The van der Waals surface area contributed by atoms with Crippen LogP contribution in [0.15, 0.2) is 18.3 Å². The van der Waals surface area contributed by atoms with E-state index in [9.17, 15) is 9.59 Å². The van der Waals surface area contributed by atoms with Crippen LogP contribution in [0.3, 0.4) is 0 Å². The zero-order valence-electron chi connectivity index (χ0n) is 11.4. The lowest BCUT2D eigenvalue weighted by Crippen LogP contribution is -2.51. The van der Waals surface area contributed by atoms with Gasteiger partial charge in [-0.05, 0) is 12.1 Å². The summed E-state index contributed by atoms with van der Waals surface area (Å²) in [5.41, 5.74) is 6.39. The molecule has 20 heavy (non-hydrogen) atoms. The largest absolute Gasteiger partial charge is 0.397 e. The van der Waals surface area contributed by atoms with Crippen LogP contribution in [0.25, 0.3) is 0 Å². The minimum atomic E-state index is -0.193. The molecule has 0 atom stereocenters. The molecule has 0 spiro atoms.